The van der Waals surface area contributed by atoms with Crippen molar-refractivity contribution in [1.29, 1.82) is 0 Å². The van der Waals surface area contributed by atoms with Crippen LogP contribution in [0.25, 0.3) is 0 Å². The van der Waals surface area contributed by atoms with E-state index in [0.29, 0.717) is 18.9 Å². The number of rotatable bonds is 9. The van der Waals surface area contributed by atoms with Crippen LogP contribution in [-0.2, 0) is 11.8 Å². The maximum absolute atomic E-state index is 11.6. The first kappa shape index (κ1) is 15.3. The topological polar surface area (TPSA) is 80.0 Å². The second kappa shape index (κ2) is 6.58. The zero-order chi connectivity index (χ0) is 14.6. The fourth-order valence-corrected chi connectivity index (χ4v) is 3.06. The fourth-order valence-electron chi connectivity index (χ4n) is 2.23. The van der Waals surface area contributed by atoms with E-state index in [9.17, 15) is 9.90 Å². The Labute approximate surface area is 123 Å². The van der Waals surface area contributed by atoms with Crippen LogP contribution < -0.4 is 5.32 Å². The van der Waals surface area contributed by atoms with Crippen LogP contribution in [0.15, 0.2) is 11.5 Å². The van der Waals surface area contributed by atoms with Crippen LogP contribution in [0, 0.1) is 0 Å². The van der Waals surface area contributed by atoms with Crippen LogP contribution in [-0.4, -0.2) is 43.2 Å². The lowest BCUT2D eigenvalue weighted by atomic mass is 9.90. The van der Waals surface area contributed by atoms with E-state index in [-0.39, 0.29) is 0 Å². The molecule has 2 N–H and O–H groups in total. The monoisotopic (exact) mass is 298 g/mol. The van der Waals surface area contributed by atoms with Gasteiger partial charge in [-0.15, -0.1) is 10.2 Å². The third-order valence-electron chi connectivity index (χ3n) is 3.72. The third kappa shape index (κ3) is 3.73. The average Bonchev–Trinajstić information content (AvgIpc) is 3.14. The van der Waals surface area contributed by atoms with Crippen LogP contribution in [0.3, 0.4) is 0 Å². The molecular formula is C13H22N4O2S. The van der Waals surface area contributed by atoms with Crippen molar-refractivity contribution < 1.29 is 9.90 Å². The lowest BCUT2D eigenvalue weighted by Crippen LogP contribution is -2.52. The number of carboxylic acid groups (broad SMARTS) is 1. The molecule has 2 rings (SSSR count). The molecule has 1 heterocycles. The minimum atomic E-state index is -0.762. The highest BCUT2D eigenvalue weighted by Crippen LogP contribution is 2.28. The summed E-state index contributed by atoms with van der Waals surface area (Å²) >= 11 is 1.62. The highest BCUT2D eigenvalue weighted by molar-refractivity contribution is 7.99. The Balaban J connectivity index is 1.82. The summed E-state index contributed by atoms with van der Waals surface area (Å²) < 4.78 is 1.87. The van der Waals surface area contributed by atoms with E-state index in [1.165, 1.54) is 0 Å². The molecule has 1 atom stereocenters. The summed E-state index contributed by atoms with van der Waals surface area (Å²) in [6.07, 6.45) is 5.99. The van der Waals surface area contributed by atoms with Gasteiger partial charge in [0.25, 0.3) is 0 Å². The zero-order valence-electron chi connectivity index (χ0n) is 12.0. The van der Waals surface area contributed by atoms with Gasteiger partial charge in [-0.3, -0.25) is 10.1 Å². The van der Waals surface area contributed by atoms with Crippen molar-refractivity contribution in [2.75, 3.05) is 5.75 Å². The van der Waals surface area contributed by atoms with Gasteiger partial charge < -0.3 is 9.67 Å². The molecule has 0 aromatic carbocycles. The second-order valence-electron chi connectivity index (χ2n) is 5.34. The molecule has 1 fully saturated rings. The number of hydrogen-bond donors (Lipinski definition) is 2. The van der Waals surface area contributed by atoms with Crippen molar-refractivity contribution in [3.05, 3.63) is 6.33 Å². The maximum Gasteiger partial charge on any atom is 0.323 e. The quantitative estimate of drug-likeness (QED) is 0.533. The SMILES string of the molecule is CCC(CCCSc1nncn1C)(NC1CC1)C(=O)O. The summed E-state index contributed by atoms with van der Waals surface area (Å²) in [6, 6.07) is 0.400. The van der Waals surface area contributed by atoms with Gasteiger partial charge in [0.15, 0.2) is 5.16 Å². The van der Waals surface area contributed by atoms with Gasteiger partial charge in [-0.05, 0) is 32.1 Å². The van der Waals surface area contributed by atoms with E-state index < -0.39 is 11.5 Å². The first-order valence-electron chi connectivity index (χ1n) is 7.05. The van der Waals surface area contributed by atoms with Crippen molar-refractivity contribution >= 4 is 17.7 Å². The zero-order valence-corrected chi connectivity index (χ0v) is 12.8. The van der Waals surface area contributed by atoms with Gasteiger partial charge in [0.05, 0.1) is 0 Å². The molecule has 20 heavy (non-hydrogen) atoms. The number of nitrogens with zero attached hydrogens (tertiary/aromatic N) is 3. The number of aryl methyl sites for hydroxylation is 1. The second-order valence-corrected chi connectivity index (χ2v) is 6.40. The van der Waals surface area contributed by atoms with E-state index in [0.717, 1.165) is 30.2 Å². The molecule has 0 bridgehead atoms. The highest BCUT2D eigenvalue weighted by Gasteiger charge is 2.40. The molecule has 0 aliphatic heterocycles. The predicted molar refractivity (Wildman–Crippen MR) is 77.8 cm³/mol. The molecule has 0 spiro atoms. The third-order valence-corrected chi connectivity index (χ3v) is 4.84. The summed E-state index contributed by atoms with van der Waals surface area (Å²) in [6.45, 7) is 1.94. The van der Waals surface area contributed by atoms with E-state index in [4.69, 9.17) is 0 Å². The molecule has 1 aromatic heterocycles. The summed E-state index contributed by atoms with van der Waals surface area (Å²) in [4.78, 5) is 11.6. The number of carboxylic acids is 1. The Bertz CT molecular complexity index is 461. The molecule has 112 valence electrons. The number of aromatic nitrogens is 3. The standard InChI is InChI=1S/C13H22N4O2S/c1-3-13(11(18)19,15-10-5-6-10)7-4-8-20-12-16-14-9-17(12)2/h9-10,15H,3-8H2,1-2H3,(H,18,19). The van der Waals surface area contributed by atoms with Crippen LogP contribution in [0.1, 0.15) is 39.0 Å². The Hall–Kier alpha value is -1.08. The molecule has 1 aromatic rings. The summed E-state index contributed by atoms with van der Waals surface area (Å²) in [7, 11) is 1.91. The Morgan fingerprint density at radius 3 is 2.90 bits per heavy atom. The Morgan fingerprint density at radius 2 is 2.40 bits per heavy atom. The molecule has 0 amide bonds. The van der Waals surface area contributed by atoms with Crippen LogP contribution in [0.4, 0.5) is 0 Å². The minimum absolute atomic E-state index is 0.400. The molecule has 0 saturated heterocycles. The molecule has 0 radical (unpaired) electrons. The van der Waals surface area contributed by atoms with E-state index >= 15 is 0 Å². The first-order chi connectivity index (χ1) is 9.57. The number of aliphatic carboxylic acids is 1. The van der Waals surface area contributed by atoms with Crippen molar-refractivity contribution in [2.45, 2.75) is 55.8 Å². The van der Waals surface area contributed by atoms with Gasteiger partial charge in [-0.25, -0.2) is 0 Å². The Kier molecular flexibility index (Phi) is 5.04. The lowest BCUT2D eigenvalue weighted by Gasteiger charge is -2.29. The average molecular weight is 298 g/mol. The number of nitrogens with one attached hydrogen (secondary N) is 1. The van der Waals surface area contributed by atoms with Crippen molar-refractivity contribution in [3.8, 4) is 0 Å². The molecule has 7 heteroatoms. The first-order valence-corrected chi connectivity index (χ1v) is 8.04. The molecular weight excluding hydrogens is 276 g/mol. The number of hydrogen-bond acceptors (Lipinski definition) is 5. The van der Waals surface area contributed by atoms with E-state index in [1.54, 1.807) is 18.1 Å². The van der Waals surface area contributed by atoms with Crippen LogP contribution in [0.5, 0.6) is 0 Å². The van der Waals surface area contributed by atoms with Crippen molar-refractivity contribution in [3.63, 3.8) is 0 Å². The lowest BCUT2D eigenvalue weighted by molar-refractivity contribution is -0.145. The van der Waals surface area contributed by atoms with E-state index in [1.807, 2.05) is 18.5 Å². The molecule has 1 unspecified atom stereocenters. The molecule has 1 saturated carbocycles. The van der Waals surface area contributed by atoms with Gasteiger partial charge in [0.2, 0.25) is 0 Å². The number of thioether (sulfide) groups is 1. The van der Waals surface area contributed by atoms with E-state index in [2.05, 4.69) is 15.5 Å². The highest BCUT2D eigenvalue weighted by atomic mass is 32.2. The molecule has 6 nitrogen and oxygen atoms in total. The summed E-state index contributed by atoms with van der Waals surface area (Å²) in [5, 5.41) is 21.6. The largest absolute Gasteiger partial charge is 0.480 e. The van der Waals surface area contributed by atoms with Gasteiger partial charge in [0, 0.05) is 18.8 Å². The summed E-state index contributed by atoms with van der Waals surface area (Å²) in [5.74, 6) is 0.129. The fraction of sp³-hybridized carbons (Fsp3) is 0.769. The molecule has 1 aliphatic rings. The molecule has 1 aliphatic carbocycles. The van der Waals surface area contributed by atoms with Crippen molar-refractivity contribution in [1.82, 2.24) is 20.1 Å². The van der Waals surface area contributed by atoms with Gasteiger partial charge in [-0.1, -0.05) is 18.7 Å². The van der Waals surface area contributed by atoms with Gasteiger partial charge >= 0.3 is 5.97 Å². The normalized spacial score (nSPS) is 17.9. The maximum atomic E-state index is 11.6. The van der Waals surface area contributed by atoms with Crippen LogP contribution >= 0.6 is 11.8 Å². The number of carbonyl (C=O) groups is 1. The Morgan fingerprint density at radius 1 is 1.65 bits per heavy atom. The van der Waals surface area contributed by atoms with Gasteiger partial charge in [0.1, 0.15) is 11.9 Å². The van der Waals surface area contributed by atoms with Gasteiger partial charge in [-0.2, -0.15) is 0 Å². The van der Waals surface area contributed by atoms with Crippen LogP contribution in [0.2, 0.25) is 0 Å². The smallest absolute Gasteiger partial charge is 0.323 e. The summed E-state index contributed by atoms with van der Waals surface area (Å²) in [5.41, 5.74) is -0.762. The predicted octanol–water partition coefficient (Wildman–Crippen LogP) is 1.67. The minimum Gasteiger partial charge on any atom is -0.480 e. The van der Waals surface area contributed by atoms with Crippen molar-refractivity contribution in [2.24, 2.45) is 7.05 Å².